The zero-order chi connectivity index (χ0) is 17.5. The van der Waals surface area contributed by atoms with Gasteiger partial charge in [0.1, 0.15) is 17.0 Å². The number of nitrogens with one attached hydrogen (secondary N) is 2. The first-order chi connectivity index (χ1) is 12.3. The molecule has 0 saturated heterocycles. The molecule has 26 heavy (non-hydrogen) atoms. The number of aromatic nitrogens is 1. The van der Waals surface area contributed by atoms with Crippen LogP contribution < -0.4 is 10.6 Å². The van der Waals surface area contributed by atoms with E-state index in [4.69, 9.17) is 4.52 Å². The van der Waals surface area contributed by atoms with Gasteiger partial charge >= 0.3 is 0 Å². The molecule has 1 aliphatic rings. The second kappa shape index (κ2) is 10.3. The van der Waals surface area contributed by atoms with E-state index >= 15 is 0 Å². The number of carbonyl (C=O) groups is 1. The average molecular weight is 378 g/mol. The molecule has 3 rings (SSSR count). The largest absolute Gasteiger partial charge is 0.360 e. The lowest BCUT2D eigenvalue weighted by Gasteiger charge is -2.16. The summed E-state index contributed by atoms with van der Waals surface area (Å²) in [5, 5.41) is 10.6. The van der Waals surface area contributed by atoms with Crippen molar-refractivity contribution in [2.24, 2.45) is 0 Å². The van der Waals surface area contributed by atoms with Crippen molar-refractivity contribution in [3.8, 4) is 11.3 Å². The highest BCUT2D eigenvalue weighted by molar-refractivity contribution is 6.00. The SMILES string of the molecule is Cc1onc(-c2ccccc2)c1C(=O)NCCNC1CCCCCC1.Cl. The molecule has 1 aromatic heterocycles. The van der Waals surface area contributed by atoms with Crippen molar-refractivity contribution >= 4 is 18.3 Å². The fourth-order valence-electron chi connectivity index (χ4n) is 3.46. The summed E-state index contributed by atoms with van der Waals surface area (Å²) in [6.45, 7) is 3.17. The highest BCUT2D eigenvalue weighted by atomic mass is 35.5. The molecule has 0 aliphatic heterocycles. The number of benzene rings is 1. The number of aryl methyl sites for hydroxylation is 1. The average Bonchev–Trinajstić information content (AvgIpc) is 2.84. The third-order valence-electron chi connectivity index (χ3n) is 4.84. The molecule has 1 saturated carbocycles. The van der Waals surface area contributed by atoms with Crippen molar-refractivity contribution in [1.29, 1.82) is 0 Å². The van der Waals surface area contributed by atoms with Gasteiger partial charge in [-0.1, -0.05) is 61.2 Å². The molecule has 142 valence electrons. The second-order valence-electron chi connectivity index (χ2n) is 6.73. The van der Waals surface area contributed by atoms with Crippen LogP contribution in [-0.2, 0) is 0 Å². The van der Waals surface area contributed by atoms with Crippen LogP contribution >= 0.6 is 12.4 Å². The fourth-order valence-corrected chi connectivity index (χ4v) is 3.46. The van der Waals surface area contributed by atoms with Crippen LogP contribution in [0.25, 0.3) is 11.3 Å². The molecule has 1 fully saturated rings. The van der Waals surface area contributed by atoms with E-state index in [9.17, 15) is 4.79 Å². The summed E-state index contributed by atoms with van der Waals surface area (Å²) in [5.74, 6) is 0.424. The Hall–Kier alpha value is -1.85. The number of amides is 1. The molecule has 1 aromatic carbocycles. The lowest BCUT2D eigenvalue weighted by atomic mass is 10.1. The summed E-state index contributed by atoms with van der Waals surface area (Å²) in [6.07, 6.45) is 7.82. The maximum Gasteiger partial charge on any atom is 0.257 e. The van der Waals surface area contributed by atoms with Crippen molar-refractivity contribution in [2.75, 3.05) is 13.1 Å². The van der Waals surface area contributed by atoms with Crippen LogP contribution in [0.3, 0.4) is 0 Å². The van der Waals surface area contributed by atoms with Crippen LogP contribution in [0.1, 0.15) is 54.6 Å². The molecule has 5 nitrogen and oxygen atoms in total. The standard InChI is InChI=1S/C20H27N3O2.ClH/c1-15-18(19(23-25-15)16-9-5-4-6-10-16)20(24)22-14-13-21-17-11-7-2-3-8-12-17;/h4-6,9-10,17,21H,2-3,7-8,11-14H2,1H3,(H,22,24);1H. The number of carbonyl (C=O) groups excluding carboxylic acids is 1. The van der Waals surface area contributed by atoms with E-state index in [1.165, 1.54) is 38.5 Å². The molecule has 0 spiro atoms. The second-order valence-corrected chi connectivity index (χ2v) is 6.73. The van der Waals surface area contributed by atoms with Crippen LogP contribution in [0.2, 0.25) is 0 Å². The van der Waals surface area contributed by atoms with Crippen LogP contribution in [0.4, 0.5) is 0 Å². The molecule has 0 radical (unpaired) electrons. The van der Waals surface area contributed by atoms with Gasteiger partial charge in [0.05, 0.1) is 0 Å². The van der Waals surface area contributed by atoms with E-state index in [1.807, 2.05) is 30.3 Å². The lowest BCUT2D eigenvalue weighted by Crippen LogP contribution is -2.37. The molecule has 0 bridgehead atoms. The number of halogens is 1. The predicted octanol–water partition coefficient (Wildman–Crippen LogP) is 4.11. The number of hydrogen-bond acceptors (Lipinski definition) is 4. The molecule has 1 amide bonds. The molecule has 1 heterocycles. The zero-order valence-electron chi connectivity index (χ0n) is 15.3. The van der Waals surface area contributed by atoms with E-state index < -0.39 is 0 Å². The van der Waals surface area contributed by atoms with Gasteiger partial charge in [0.2, 0.25) is 0 Å². The third-order valence-corrected chi connectivity index (χ3v) is 4.84. The van der Waals surface area contributed by atoms with Crippen LogP contribution in [-0.4, -0.2) is 30.2 Å². The Morgan fingerprint density at radius 2 is 1.81 bits per heavy atom. The van der Waals surface area contributed by atoms with E-state index in [0.29, 0.717) is 29.6 Å². The molecule has 0 atom stereocenters. The molecule has 6 heteroatoms. The van der Waals surface area contributed by atoms with Crippen molar-refractivity contribution in [3.05, 3.63) is 41.7 Å². The van der Waals surface area contributed by atoms with E-state index in [1.54, 1.807) is 6.92 Å². The Morgan fingerprint density at radius 1 is 1.12 bits per heavy atom. The Bertz CT molecular complexity index is 680. The third kappa shape index (κ3) is 5.32. The first-order valence-electron chi connectivity index (χ1n) is 9.29. The van der Waals surface area contributed by atoms with E-state index in [0.717, 1.165) is 12.1 Å². The summed E-state index contributed by atoms with van der Waals surface area (Å²) in [7, 11) is 0. The van der Waals surface area contributed by atoms with Crippen molar-refractivity contribution in [1.82, 2.24) is 15.8 Å². The van der Waals surface area contributed by atoms with E-state index in [2.05, 4.69) is 15.8 Å². The van der Waals surface area contributed by atoms with Crippen molar-refractivity contribution in [3.63, 3.8) is 0 Å². The van der Waals surface area contributed by atoms with Gasteiger partial charge in [-0.05, 0) is 19.8 Å². The highest BCUT2D eigenvalue weighted by Crippen LogP contribution is 2.24. The number of rotatable bonds is 6. The quantitative estimate of drug-likeness (QED) is 0.587. The maximum absolute atomic E-state index is 12.6. The van der Waals surface area contributed by atoms with Crippen LogP contribution in [0.5, 0.6) is 0 Å². The van der Waals surface area contributed by atoms with Gasteiger partial charge in [-0.15, -0.1) is 12.4 Å². The topological polar surface area (TPSA) is 67.2 Å². The lowest BCUT2D eigenvalue weighted by molar-refractivity contribution is 0.0952. The molecular weight excluding hydrogens is 350 g/mol. The minimum Gasteiger partial charge on any atom is -0.360 e. The molecular formula is C20H28ClN3O2. The predicted molar refractivity (Wildman–Crippen MR) is 106 cm³/mol. The molecule has 2 aromatic rings. The smallest absolute Gasteiger partial charge is 0.257 e. The Labute approximate surface area is 161 Å². The van der Waals surface area contributed by atoms with Gasteiger partial charge in [-0.3, -0.25) is 4.79 Å². The fraction of sp³-hybridized carbons (Fsp3) is 0.500. The monoisotopic (exact) mass is 377 g/mol. The van der Waals surface area contributed by atoms with Crippen molar-refractivity contribution in [2.45, 2.75) is 51.5 Å². The minimum atomic E-state index is -0.125. The molecule has 0 unspecified atom stereocenters. The normalized spacial score (nSPS) is 15.1. The molecule has 1 aliphatic carbocycles. The summed E-state index contributed by atoms with van der Waals surface area (Å²) in [4.78, 5) is 12.6. The van der Waals surface area contributed by atoms with E-state index in [-0.39, 0.29) is 18.3 Å². The summed E-state index contributed by atoms with van der Waals surface area (Å²) in [6, 6.07) is 10.3. The highest BCUT2D eigenvalue weighted by Gasteiger charge is 2.21. The summed E-state index contributed by atoms with van der Waals surface area (Å²) < 4.78 is 5.26. The van der Waals surface area contributed by atoms with Crippen LogP contribution in [0, 0.1) is 6.92 Å². The van der Waals surface area contributed by atoms with Crippen LogP contribution in [0.15, 0.2) is 34.9 Å². The first-order valence-corrected chi connectivity index (χ1v) is 9.29. The van der Waals surface area contributed by atoms with Gasteiger partial charge < -0.3 is 15.2 Å². The van der Waals surface area contributed by atoms with Gasteiger partial charge in [0.15, 0.2) is 0 Å². The minimum absolute atomic E-state index is 0. The summed E-state index contributed by atoms with van der Waals surface area (Å²) in [5.41, 5.74) is 2.02. The first kappa shape index (κ1) is 20.5. The van der Waals surface area contributed by atoms with Gasteiger partial charge in [-0.2, -0.15) is 0 Å². The van der Waals surface area contributed by atoms with Crippen molar-refractivity contribution < 1.29 is 9.32 Å². The maximum atomic E-state index is 12.6. The Morgan fingerprint density at radius 3 is 2.50 bits per heavy atom. The van der Waals surface area contributed by atoms with Gasteiger partial charge in [0.25, 0.3) is 5.91 Å². The summed E-state index contributed by atoms with van der Waals surface area (Å²) >= 11 is 0. The van der Waals surface area contributed by atoms with Gasteiger partial charge in [0, 0.05) is 24.7 Å². The number of nitrogens with zero attached hydrogens (tertiary/aromatic N) is 1. The molecule has 2 N–H and O–H groups in total. The van der Waals surface area contributed by atoms with Gasteiger partial charge in [-0.25, -0.2) is 0 Å². The number of hydrogen-bond donors (Lipinski definition) is 2. The zero-order valence-corrected chi connectivity index (χ0v) is 16.1. The Balaban J connectivity index is 0.00000243. The Kier molecular flexibility index (Phi) is 8.13.